The van der Waals surface area contributed by atoms with Gasteiger partial charge in [-0.2, -0.15) is 0 Å². The van der Waals surface area contributed by atoms with Crippen LogP contribution in [0.15, 0.2) is 4.99 Å². The van der Waals surface area contributed by atoms with Gasteiger partial charge < -0.3 is 15.1 Å². The van der Waals surface area contributed by atoms with E-state index in [9.17, 15) is 13.2 Å². The van der Waals surface area contributed by atoms with E-state index in [2.05, 4.69) is 20.1 Å². The number of carbonyl (C=O) groups is 1. The first-order valence-corrected chi connectivity index (χ1v) is 11.9. The van der Waals surface area contributed by atoms with Gasteiger partial charge in [-0.05, 0) is 40.5 Å². The summed E-state index contributed by atoms with van der Waals surface area (Å²) in [5.74, 6) is 1.04. The van der Waals surface area contributed by atoms with Crippen molar-refractivity contribution in [2.75, 3.05) is 58.6 Å². The molecule has 28 heavy (non-hydrogen) atoms. The van der Waals surface area contributed by atoms with Gasteiger partial charge in [-0.25, -0.2) is 8.42 Å². The van der Waals surface area contributed by atoms with E-state index in [-0.39, 0.29) is 17.7 Å². The van der Waals surface area contributed by atoms with Crippen LogP contribution < -0.4 is 5.32 Å². The van der Waals surface area contributed by atoms with Gasteiger partial charge in [0.05, 0.1) is 16.5 Å². The second kappa shape index (κ2) is 9.43. The Hall–Kier alpha value is -1.35. The molecule has 2 rings (SSSR count). The fourth-order valence-corrected chi connectivity index (χ4v) is 4.60. The molecule has 9 heteroatoms. The van der Waals surface area contributed by atoms with Crippen LogP contribution in [0.1, 0.15) is 40.5 Å². The maximum atomic E-state index is 12.6. The third kappa shape index (κ3) is 5.59. The molecule has 0 saturated carbocycles. The highest BCUT2D eigenvalue weighted by Crippen LogP contribution is 2.16. The molecular weight excluding hydrogens is 378 g/mol. The van der Waals surface area contributed by atoms with Crippen molar-refractivity contribution >= 4 is 21.7 Å². The standard InChI is InChI=1S/C19H37N5O3S/c1-16(17(25)23-9-6-7-10-23)22-11-13-24(14-12-22)18(20-5)21-8-15-28(26,27)19(2,3)4/h16H,6-15H2,1-5H3,(H,20,21). The first-order valence-electron chi connectivity index (χ1n) is 10.3. The van der Waals surface area contributed by atoms with Crippen LogP contribution in [0.25, 0.3) is 0 Å². The highest BCUT2D eigenvalue weighted by molar-refractivity contribution is 7.92. The summed E-state index contributed by atoms with van der Waals surface area (Å²) < 4.78 is 23.8. The summed E-state index contributed by atoms with van der Waals surface area (Å²) in [5, 5.41) is 3.18. The zero-order valence-corrected chi connectivity index (χ0v) is 18.9. The van der Waals surface area contributed by atoms with E-state index in [4.69, 9.17) is 0 Å². The largest absolute Gasteiger partial charge is 0.355 e. The van der Waals surface area contributed by atoms with Crippen molar-refractivity contribution < 1.29 is 13.2 Å². The normalized spacial score (nSPS) is 21.1. The molecule has 0 aromatic heterocycles. The predicted octanol–water partition coefficient (Wildman–Crippen LogP) is 0.404. The number of amides is 1. The molecule has 0 aromatic carbocycles. The Morgan fingerprint density at radius 1 is 1.04 bits per heavy atom. The van der Waals surface area contributed by atoms with Gasteiger partial charge in [0.25, 0.3) is 0 Å². The first kappa shape index (κ1) is 22.9. The fourth-order valence-electron chi connectivity index (χ4n) is 3.61. The SMILES string of the molecule is CN=C(NCCS(=O)(=O)C(C)(C)C)N1CCN(C(C)C(=O)N2CCCC2)CC1. The summed E-state index contributed by atoms with van der Waals surface area (Å²) in [7, 11) is -1.44. The minimum Gasteiger partial charge on any atom is -0.355 e. The molecule has 2 aliphatic rings. The predicted molar refractivity (Wildman–Crippen MR) is 113 cm³/mol. The average Bonchev–Trinajstić information content (AvgIpc) is 3.18. The number of piperazine rings is 1. The van der Waals surface area contributed by atoms with Gasteiger partial charge >= 0.3 is 0 Å². The Balaban J connectivity index is 1.81. The van der Waals surface area contributed by atoms with Gasteiger partial charge in [-0.3, -0.25) is 14.7 Å². The lowest BCUT2D eigenvalue weighted by Gasteiger charge is -2.39. The van der Waals surface area contributed by atoms with Crippen molar-refractivity contribution in [3.05, 3.63) is 0 Å². The molecule has 0 bridgehead atoms. The summed E-state index contributed by atoms with van der Waals surface area (Å²) in [4.78, 5) is 23.3. The highest BCUT2D eigenvalue weighted by atomic mass is 32.2. The first-order chi connectivity index (χ1) is 13.1. The minimum atomic E-state index is -3.16. The van der Waals surface area contributed by atoms with E-state index in [1.807, 2.05) is 11.8 Å². The Labute approximate surface area is 170 Å². The van der Waals surface area contributed by atoms with Crippen molar-refractivity contribution in [2.45, 2.75) is 51.3 Å². The average molecular weight is 416 g/mol. The highest BCUT2D eigenvalue weighted by Gasteiger charge is 2.31. The smallest absolute Gasteiger partial charge is 0.239 e. The van der Waals surface area contributed by atoms with E-state index >= 15 is 0 Å². The van der Waals surface area contributed by atoms with E-state index in [0.717, 1.165) is 58.1 Å². The maximum absolute atomic E-state index is 12.6. The molecule has 162 valence electrons. The number of hydrogen-bond donors (Lipinski definition) is 1. The number of nitrogens with zero attached hydrogens (tertiary/aromatic N) is 4. The number of hydrogen-bond acceptors (Lipinski definition) is 5. The number of likely N-dealkylation sites (tertiary alicyclic amines) is 1. The molecule has 2 aliphatic heterocycles. The lowest BCUT2D eigenvalue weighted by molar-refractivity contribution is -0.135. The lowest BCUT2D eigenvalue weighted by atomic mass is 10.2. The third-order valence-corrected chi connectivity index (χ3v) is 8.34. The van der Waals surface area contributed by atoms with E-state index < -0.39 is 14.6 Å². The zero-order valence-electron chi connectivity index (χ0n) is 18.1. The van der Waals surface area contributed by atoms with Crippen LogP contribution in [-0.4, -0.2) is 104 Å². The van der Waals surface area contributed by atoms with Crippen molar-refractivity contribution in [3.63, 3.8) is 0 Å². The Morgan fingerprint density at radius 2 is 1.61 bits per heavy atom. The molecule has 2 fully saturated rings. The number of aliphatic imine (C=N–C) groups is 1. The van der Waals surface area contributed by atoms with E-state index in [1.54, 1.807) is 27.8 Å². The van der Waals surface area contributed by atoms with Gasteiger partial charge in [-0.15, -0.1) is 0 Å². The zero-order chi connectivity index (χ0) is 20.9. The summed E-state index contributed by atoms with van der Waals surface area (Å²) >= 11 is 0. The number of sulfone groups is 1. The van der Waals surface area contributed by atoms with Gasteiger partial charge in [0, 0.05) is 52.9 Å². The molecule has 8 nitrogen and oxygen atoms in total. The molecule has 0 spiro atoms. The van der Waals surface area contributed by atoms with E-state index in [0.29, 0.717) is 6.54 Å². The second-order valence-corrected chi connectivity index (χ2v) is 11.5. The van der Waals surface area contributed by atoms with Gasteiger partial charge in [-0.1, -0.05) is 0 Å². The third-order valence-electron chi connectivity index (χ3n) is 5.74. The Morgan fingerprint density at radius 3 is 2.11 bits per heavy atom. The van der Waals surface area contributed by atoms with Gasteiger partial charge in [0.2, 0.25) is 5.91 Å². The van der Waals surface area contributed by atoms with Crippen molar-refractivity contribution in [2.24, 2.45) is 4.99 Å². The second-order valence-electron chi connectivity index (χ2n) is 8.64. The number of guanidine groups is 1. The summed E-state index contributed by atoms with van der Waals surface area (Å²) in [5.41, 5.74) is 0. The molecule has 1 N–H and O–H groups in total. The van der Waals surface area contributed by atoms with Crippen LogP contribution in [0, 0.1) is 0 Å². The van der Waals surface area contributed by atoms with Crippen LogP contribution in [0.2, 0.25) is 0 Å². The summed E-state index contributed by atoms with van der Waals surface area (Å²) in [6.07, 6.45) is 2.22. The van der Waals surface area contributed by atoms with Crippen LogP contribution >= 0.6 is 0 Å². The molecule has 0 aromatic rings. The van der Waals surface area contributed by atoms with Crippen LogP contribution in [0.5, 0.6) is 0 Å². The van der Waals surface area contributed by atoms with Crippen LogP contribution in [0.3, 0.4) is 0 Å². The van der Waals surface area contributed by atoms with Crippen molar-refractivity contribution in [1.29, 1.82) is 0 Å². The lowest BCUT2D eigenvalue weighted by Crippen LogP contribution is -2.57. The topological polar surface area (TPSA) is 85.3 Å². The van der Waals surface area contributed by atoms with Gasteiger partial charge in [0.15, 0.2) is 15.8 Å². The summed E-state index contributed by atoms with van der Waals surface area (Å²) in [6.45, 7) is 12.4. The number of nitrogens with one attached hydrogen (secondary N) is 1. The Bertz CT molecular complexity index is 658. The molecule has 1 unspecified atom stereocenters. The molecule has 1 amide bonds. The van der Waals surface area contributed by atoms with Gasteiger partial charge in [0.1, 0.15) is 0 Å². The van der Waals surface area contributed by atoms with Crippen LogP contribution in [0.4, 0.5) is 0 Å². The quantitative estimate of drug-likeness (QED) is 0.517. The minimum absolute atomic E-state index is 0.0802. The summed E-state index contributed by atoms with van der Waals surface area (Å²) in [6, 6.07) is -0.0906. The van der Waals surface area contributed by atoms with Crippen molar-refractivity contribution in [3.8, 4) is 0 Å². The molecule has 2 heterocycles. The molecular formula is C19H37N5O3S. The molecule has 0 radical (unpaired) electrons. The van der Waals surface area contributed by atoms with E-state index in [1.165, 1.54) is 0 Å². The number of rotatable bonds is 5. The fraction of sp³-hybridized carbons (Fsp3) is 0.895. The van der Waals surface area contributed by atoms with Crippen molar-refractivity contribution in [1.82, 2.24) is 20.0 Å². The monoisotopic (exact) mass is 415 g/mol. The van der Waals surface area contributed by atoms with Crippen LogP contribution in [-0.2, 0) is 14.6 Å². The molecule has 2 saturated heterocycles. The molecule has 1 atom stereocenters. The number of carbonyl (C=O) groups excluding carboxylic acids is 1. The molecule has 0 aliphatic carbocycles. The maximum Gasteiger partial charge on any atom is 0.239 e. The Kier molecular flexibility index (Phi) is 7.73.